The summed E-state index contributed by atoms with van der Waals surface area (Å²) in [7, 11) is -3.57. The number of halogens is 1. The molecule has 2 aromatic rings. The van der Waals surface area contributed by atoms with Crippen LogP contribution in [-0.2, 0) is 10.0 Å². The standard InChI is InChI=1S/C21H24INO2S.3C4H9.Sn/c1-5-19(17(2)3)15-16-23(22-20-9-7-6-8-10-20)26(24,25)21-13-11-18(4)12-14-21;3*1-3-4-2;/h6-14,17,19H,15-16H2,2-4H3;3*1,3-4H2,2H3;/q+1;;;;. The Hall–Kier alpha value is -0.561. The van der Waals surface area contributed by atoms with Gasteiger partial charge in [0.05, 0.1) is 0 Å². The van der Waals surface area contributed by atoms with Crippen LogP contribution in [-0.4, -0.2) is 35.9 Å². The Labute approximate surface area is 255 Å². The molecular weight excluding hydrogens is 720 g/mol. The van der Waals surface area contributed by atoms with Crippen molar-refractivity contribution in [2.24, 2.45) is 11.8 Å². The first-order valence-electron chi connectivity index (χ1n) is 15.0. The molecule has 0 fully saturated rings. The van der Waals surface area contributed by atoms with E-state index in [4.69, 9.17) is 0 Å². The molecule has 0 aliphatic heterocycles. The average Bonchev–Trinajstić information content (AvgIpc) is 2.93. The summed E-state index contributed by atoms with van der Waals surface area (Å²) in [6, 6.07) is 17.4. The average molecular weight is 771 g/mol. The second-order valence-corrected chi connectivity index (χ2v) is 28.9. The first kappa shape index (κ1) is 34.6. The van der Waals surface area contributed by atoms with Gasteiger partial charge in [0.2, 0.25) is 0 Å². The normalized spacial score (nSPS) is 12.9. The Morgan fingerprint density at radius 2 is 1.38 bits per heavy atom. The van der Waals surface area contributed by atoms with Crippen molar-refractivity contribution < 1.29 is 29.9 Å². The Kier molecular flexibility index (Phi) is 16.1. The van der Waals surface area contributed by atoms with Crippen LogP contribution in [0.1, 0.15) is 85.1 Å². The molecule has 6 heteroatoms. The molecule has 3 nitrogen and oxygen atoms in total. The van der Waals surface area contributed by atoms with E-state index in [0.717, 1.165) is 15.6 Å². The molecule has 0 aromatic heterocycles. The number of benzene rings is 2. The van der Waals surface area contributed by atoms with Gasteiger partial charge in [-0.3, -0.25) is 0 Å². The Bertz CT molecular complexity index is 1100. The fourth-order valence-corrected chi connectivity index (χ4v) is 23.2. The molecule has 1 atom stereocenters. The van der Waals surface area contributed by atoms with Gasteiger partial charge in [0.15, 0.2) is 0 Å². The molecule has 0 heterocycles. The maximum atomic E-state index is 13.8. The topological polar surface area (TPSA) is 37.4 Å². The van der Waals surface area contributed by atoms with Crippen molar-refractivity contribution in [1.29, 1.82) is 0 Å². The predicted molar refractivity (Wildman–Crippen MR) is 166 cm³/mol. The zero-order valence-electron chi connectivity index (χ0n) is 25.2. The molecule has 0 saturated carbocycles. The molecule has 1 unspecified atom stereocenters. The molecule has 0 saturated heterocycles. The number of hydrogen-bond donors (Lipinski definition) is 0. The van der Waals surface area contributed by atoms with E-state index in [0.29, 0.717) is 17.4 Å². The van der Waals surface area contributed by atoms with E-state index >= 15 is 0 Å². The van der Waals surface area contributed by atoms with Crippen molar-refractivity contribution in [3.8, 4) is 9.86 Å². The number of aryl methyl sites for hydroxylation is 1. The van der Waals surface area contributed by atoms with E-state index in [2.05, 4.69) is 56.6 Å². The van der Waals surface area contributed by atoms with Gasteiger partial charge in [-0.1, -0.05) is 0 Å². The maximum absolute atomic E-state index is 13.8. The van der Waals surface area contributed by atoms with Gasteiger partial charge in [0.25, 0.3) is 0 Å². The van der Waals surface area contributed by atoms with E-state index in [-0.39, 0.29) is 5.92 Å². The third kappa shape index (κ3) is 11.7. The summed E-state index contributed by atoms with van der Waals surface area (Å²) in [4.78, 5) is 0.393. The van der Waals surface area contributed by atoms with Crippen molar-refractivity contribution in [1.82, 2.24) is 2.52 Å². The van der Waals surface area contributed by atoms with Gasteiger partial charge in [-0.2, -0.15) is 0 Å². The quantitative estimate of drug-likeness (QED) is 0.0869. The Morgan fingerprint density at radius 3 is 1.87 bits per heavy atom. The SMILES string of the molecule is CCC[CH2][Sn]([C]#CC(CCN([I+]c1ccccc1)S(=O)(=O)c1ccc(C)cc1)C(C)C)([CH2]CCC)[CH2]CCC. The van der Waals surface area contributed by atoms with Gasteiger partial charge in [-0.05, 0) is 0 Å². The fourth-order valence-electron chi connectivity index (χ4n) is 4.78. The van der Waals surface area contributed by atoms with E-state index in [9.17, 15) is 8.42 Å². The molecule has 0 aliphatic carbocycles. The van der Waals surface area contributed by atoms with Gasteiger partial charge in [-0.25, -0.2) is 0 Å². The van der Waals surface area contributed by atoms with Gasteiger partial charge >= 0.3 is 257 Å². The van der Waals surface area contributed by atoms with Gasteiger partial charge in [0, 0.05) is 0 Å². The number of sulfonamides is 1. The fraction of sp³-hybridized carbons (Fsp3) is 0.576. The molecule has 0 radical (unpaired) electrons. The summed E-state index contributed by atoms with van der Waals surface area (Å²) >= 11 is -3.43. The van der Waals surface area contributed by atoms with Crippen LogP contribution in [0.4, 0.5) is 0 Å². The summed E-state index contributed by atoms with van der Waals surface area (Å²) in [6.45, 7) is 13.9. The second kappa shape index (κ2) is 18.1. The number of nitrogens with zero attached hydrogens (tertiary/aromatic N) is 1. The van der Waals surface area contributed by atoms with Crippen molar-refractivity contribution in [2.75, 3.05) is 6.54 Å². The summed E-state index contributed by atoms with van der Waals surface area (Å²) < 4.78 is 38.8. The van der Waals surface area contributed by atoms with Crippen molar-refractivity contribution in [3.05, 3.63) is 63.7 Å². The minimum absolute atomic E-state index is 0.224. The van der Waals surface area contributed by atoms with Gasteiger partial charge in [-0.15, -0.1) is 0 Å². The van der Waals surface area contributed by atoms with Crippen LogP contribution >= 0.6 is 0 Å². The summed E-state index contributed by atoms with van der Waals surface area (Å²) in [5.74, 6) is 4.47. The third-order valence-corrected chi connectivity index (χ3v) is 26.5. The number of rotatable bonds is 17. The minimum atomic E-state index is -3.57. The predicted octanol–water partition coefficient (Wildman–Crippen LogP) is 5.91. The van der Waals surface area contributed by atoms with E-state index in [1.54, 1.807) is 14.7 Å². The third-order valence-electron chi connectivity index (χ3n) is 7.47. The Balaban J connectivity index is 2.36. The van der Waals surface area contributed by atoms with Crippen LogP contribution < -0.4 is 21.5 Å². The first-order chi connectivity index (χ1) is 18.7. The number of hydrogen-bond acceptors (Lipinski definition) is 2. The van der Waals surface area contributed by atoms with Crippen LogP contribution in [0.15, 0.2) is 59.5 Å². The van der Waals surface area contributed by atoms with Crippen LogP contribution in [0.25, 0.3) is 0 Å². The molecule has 0 bridgehead atoms. The van der Waals surface area contributed by atoms with Crippen molar-refractivity contribution in [3.63, 3.8) is 0 Å². The van der Waals surface area contributed by atoms with Gasteiger partial charge < -0.3 is 0 Å². The molecule has 216 valence electrons. The van der Waals surface area contributed by atoms with Crippen LogP contribution in [0.3, 0.4) is 0 Å². The monoisotopic (exact) mass is 772 g/mol. The molecule has 2 rings (SSSR count). The zero-order chi connectivity index (χ0) is 28.7. The van der Waals surface area contributed by atoms with Crippen LogP contribution in [0, 0.1) is 32.2 Å². The first-order valence-corrected chi connectivity index (χ1v) is 26.0. The zero-order valence-corrected chi connectivity index (χ0v) is 31.0. The Morgan fingerprint density at radius 1 is 0.846 bits per heavy atom. The van der Waals surface area contributed by atoms with Gasteiger partial charge in [0.1, 0.15) is 0 Å². The van der Waals surface area contributed by atoms with Crippen molar-refractivity contribution >= 4 is 28.4 Å². The molecule has 2 aromatic carbocycles. The summed E-state index contributed by atoms with van der Waals surface area (Å²) in [5.41, 5.74) is 1.07. The second-order valence-electron chi connectivity index (χ2n) is 11.2. The molecular formula is C33H51INO2SSn+. The molecule has 0 N–H and O–H groups in total. The molecule has 0 amide bonds. The van der Waals surface area contributed by atoms with Crippen LogP contribution in [0.2, 0.25) is 13.3 Å². The summed E-state index contributed by atoms with van der Waals surface area (Å²) in [6.07, 6.45) is 8.49. The van der Waals surface area contributed by atoms with E-state index in [1.165, 1.54) is 51.8 Å². The van der Waals surface area contributed by atoms with Crippen molar-refractivity contribution in [2.45, 2.75) is 105 Å². The molecule has 39 heavy (non-hydrogen) atoms. The van der Waals surface area contributed by atoms with Crippen LogP contribution in [0.5, 0.6) is 0 Å². The van der Waals surface area contributed by atoms with E-state index in [1.807, 2.05) is 37.3 Å². The van der Waals surface area contributed by atoms with E-state index < -0.39 is 49.9 Å². The number of unbranched alkanes of at least 4 members (excludes halogenated alkanes) is 3. The molecule has 0 spiro atoms. The summed E-state index contributed by atoms with van der Waals surface area (Å²) in [5, 5.41) is 0. The molecule has 0 aliphatic rings.